The molecule has 0 saturated heterocycles. The number of carbonyl (C=O) groups excluding carboxylic acids is 1. The van der Waals surface area contributed by atoms with Crippen LogP contribution < -0.4 is 10.1 Å². The zero-order valence-corrected chi connectivity index (χ0v) is 12.9. The van der Waals surface area contributed by atoms with Crippen LogP contribution in [0.4, 0.5) is 5.69 Å². The molecule has 2 saturated carbocycles. The van der Waals surface area contributed by atoms with Gasteiger partial charge in [0.15, 0.2) is 0 Å². The number of methoxy groups -OCH3 is 1. The van der Waals surface area contributed by atoms with Crippen molar-refractivity contribution >= 4 is 17.6 Å². The molecule has 2 bridgehead atoms. The molecule has 1 amide bonds. The number of benzene rings is 1. The van der Waals surface area contributed by atoms with E-state index in [1.54, 1.807) is 19.2 Å². The van der Waals surface area contributed by atoms with E-state index in [-0.39, 0.29) is 23.2 Å². The van der Waals surface area contributed by atoms with Crippen molar-refractivity contribution in [2.24, 2.45) is 29.1 Å². The standard InChI is InChI=1S/C18H19NO4/c1-23-13-5-3-2-4-12(13)19-16(20)14-10-6-7-11(15(14)17(21)22)18(10)8-9-18/h2-7,10-11,14-15H,8-9H2,1H3,(H,19,20)(H,21,22). The van der Waals surface area contributed by atoms with Gasteiger partial charge in [-0.15, -0.1) is 0 Å². The van der Waals surface area contributed by atoms with Crippen molar-refractivity contribution in [1.29, 1.82) is 0 Å². The number of para-hydroxylation sites is 2. The number of aliphatic carboxylic acids is 1. The van der Waals surface area contributed by atoms with Crippen LogP contribution in [0, 0.1) is 29.1 Å². The highest BCUT2D eigenvalue weighted by Crippen LogP contribution is 2.72. The number of carbonyl (C=O) groups is 2. The van der Waals surface area contributed by atoms with Gasteiger partial charge >= 0.3 is 5.97 Å². The molecule has 5 nitrogen and oxygen atoms in total. The van der Waals surface area contributed by atoms with E-state index in [2.05, 4.69) is 11.4 Å². The normalized spacial score (nSPS) is 32.0. The Hall–Kier alpha value is -2.30. The molecule has 0 aliphatic heterocycles. The Morgan fingerprint density at radius 1 is 1.17 bits per heavy atom. The van der Waals surface area contributed by atoms with E-state index >= 15 is 0 Å². The lowest BCUT2D eigenvalue weighted by Crippen LogP contribution is -2.36. The second kappa shape index (κ2) is 4.85. The van der Waals surface area contributed by atoms with Crippen molar-refractivity contribution in [3.05, 3.63) is 36.4 Å². The minimum atomic E-state index is -0.867. The molecule has 1 spiro atoms. The number of anilines is 1. The third-order valence-corrected chi connectivity index (χ3v) is 5.79. The summed E-state index contributed by atoms with van der Waals surface area (Å²) < 4.78 is 5.25. The fourth-order valence-corrected chi connectivity index (χ4v) is 4.65. The lowest BCUT2D eigenvalue weighted by molar-refractivity contribution is -0.146. The highest BCUT2D eigenvalue weighted by atomic mass is 16.5. The molecule has 2 fully saturated rings. The molecule has 0 aromatic heterocycles. The number of rotatable bonds is 4. The summed E-state index contributed by atoms with van der Waals surface area (Å²) in [5, 5.41) is 12.5. The van der Waals surface area contributed by atoms with Crippen LogP contribution in [0.25, 0.3) is 0 Å². The Kier molecular flexibility index (Phi) is 3.01. The lowest BCUT2D eigenvalue weighted by Gasteiger charge is -2.24. The van der Waals surface area contributed by atoms with Crippen LogP contribution in [0.1, 0.15) is 12.8 Å². The van der Waals surface area contributed by atoms with Gasteiger partial charge in [-0.05, 0) is 42.2 Å². The van der Waals surface area contributed by atoms with Gasteiger partial charge in [0, 0.05) is 0 Å². The molecule has 4 unspecified atom stereocenters. The molecule has 23 heavy (non-hydrogen) atoms. The summed E-state index contributed by atoms with van der Waals surface area (Å²) in [6.07, 6.45) is 6.13. The Labute approximate surface area is 134 Å². The predicted molar refractivity (Wildman–Crippen MR) is 84.0 cm³/mol. The number of hydrogen-bond acceptors (Lipinski definition) is 3. The summed E-state index contributed by atoms with van der Waals surface area (Å²) in [6, 6.07) is 7.18. The average Bonchev–Trinajstić information content (AvgIpc) is 3.21. The second-order valence-electron chi connectivity index (χ2n) is 6.75. The van der Waals surface area contributed by atoms with Gasteiger partial charge in [0.25, 0.3) is 0 Å². The fraction of sp³-hybridized carbons (Fsp3) is 0.444. The molecule has 3 aliphatic carbocycles. The van der Waals surface area contributed by atoms with Crippen molar-refractivity contribution in [1.82, 2.24) is 0 Å². The van der Waals surface area contributed by atoms with E-state index in [0.29, 0.717) is 11.4 Å². The summed E-state index contributed by atoms with van der Waals surface area (Å²) >= 11 is 0. The molecule has 3 aliphatic rings. The van der Waals surface area contributed by atoms with Crippen LogP contribution in [0.2, 0.25) is 0 Å². The highest BCUT2D eigenvalue weighted by Gasteiger charge is 2.70. The summed E-state index contributed by atoms with van der Waals surface area (Å²) in [7, 11) is 1.55. The summed E-state index contributed by atoms with van der Waals surface area (Å²) in [6.45, 7) is 0. The minimum Gasteiger partial charge on any atom is -0.495 e. The van der Waals surface area contributed by atoms with Gasteiger partial charge in [0.2, 0.25) is 5.91 Å². The van der Waals surface area contributed by atoms with Crippen LogP contribution in [-0.4, -0.2) is 24.1 Å². The number of hydrogen-bond donors (Lipinski definition) is 2. The lowest BCUT2D eigenvalue weighted by atomic mass is 9.82. The third kappa shape index (κ3) is 1.92. The largest absolute Gasteiger partial charge is 0.495 e. The van der Waals surface area contributed by atoms with Gasteiger partial charge in [0.1, 0.15) is 5.75 Å². The van der Waals surface area contributed by atoms with Crippen molar-refractivity contribution in [3.8, 4) is 5.75 Å². The van der Waals surface area contributed by atoms with E-state index in [1.807, 2.05) is 18.2 Å². The van der Waals surface area contributed by atoms with E-state index in [1.165, 1.54) is 0 Å². The SMILES string of the molecule is COc1ccccc1NC(=O)C1C(C(=O)O)C2C=CC1C21CC1. The molecule has 1 aromatic rings. The Bertz CT molecular complexity index is 707. The van der Waals surface area contributed by atoms with E-state index in [4.69, 9.17) is 4.74 Å². The van der Waals surface area contributed by atoms with Crippen LogP contribution in [-0.2, 0) is 9.59 Å². The van der Waals surface area contributed by atoms with Crippen LogP contribution in [0.5, 0.6) is 5.75 Å². The van der Waals surface area contributed by atoms with Crippen molar-refractivity contribution in [2.45, 2.75) is 12.8 Å². The second-order valence-corrected chi connectivity index (χ2v) is 6.75. The Morgan fingerprint density at radius 2 is 1.83 bits per heavy atom. The van der Waals surface area contributed by atoms with Gasteiger partial charge in [-0.25, -0.2) is 0 Å². The van der Waals surface area contributed by atoms with Crippen molar-refractivity contribution in [2.75, 3.05) is 12.4 Å². The fourth-order valence-electron chi connectivity index (χ4n) is 4.65. The number of nitrogens with one attached hydrogen (secondary N) is 1. The number of carboxylic acids is 1. The number of amides is 1. The highest BCUT2D eigenvalue weighted by molar-refractivity contribution is 5.97. The number of allylic oxidation sites excluding steroid dienone is 2. The van der Waals surface area contributed by atoms with Gasteiger partial charge in [0.05, 0.1) is 24.6 Å². The van der Waals surface area contributed by atoms with Gasteiger partial charge < -0.3 is 15.2 Å². The van der Waals surface area contributed by atoms with E-state index in [9.17, 15) is 14.7 Å². The smallest absolute Gasteiger partial charge is 0.307 e. The molecule has 5 heteroatoms. The first-order valence-electron chi connectivity index (χ1n) is 7.93. The predicted octanol–water partition coefficient (Wildman–Crippen LogP) is 2.55. The summed E-state index contributed by atoms with van der Waals surface area (Å²) in [5.41, 5.74) is 0.618. The Balaban J connectivity index is 1.63. The number of ether oxygens (including phenoxy) is 1. The molecular formula is C18H19NO4. The molecule has 120 valence electrons. The molecule has 2 N–H and O–H groups in total. The third-order valence-electron chi connectivity index (χ3n) is 5.79. The zero-order chi connectivity index (χ0) is 16.2. The molecule has 4 rings (SSSR count). The average molecular weight is 313 g/mol. The topological polar surface area (TPSA) is 75.6 Å². The molecule has 4 atom stereocenters. The molecular weight excluding hydrogens is 294 g/mol. The first-order valence-corrected chi connectivity index (χ1v) is 7.93. The van der Waals surface area contributed by atoms with Crippen LogP contribution in [0.15, 0.2) is 36.4 Å². The van der Waals surface area contributed by atoms with Crippen molar-refractivity contribution < 1.29 is 19.4 Å². The van der Waals surface area contributed by atoms with Gasteiger partial charge in [-0.2, -0.15) is 0 Å². The number of carboxylic acid groups (broad SMARTS) is 1. The van der Waals surface area contributed by atoms with Gasteiger partial charge in [-0.3, -0.25) is 9.59 Å². The first-order chi connectivity index (χ1) is 11.1. The monoisotopic (exact) mass is 313 g/mol. The van der Waals surface area contributed by atoms with Crippen LogP contribution >= 0.6 is 0 Å². The van der Waals surface area contributed by atoms with E-state index < -0.39 is 17.8 Å². The maximum atomic E-state index is 12.8. The van der Waals surface area contributed by atoms with Gasteiger partial charge in [-0.1, -0.05) is 24.3 Å². The minimum absolute atomic E-state index is 0.00146. The quantitative estimate of drug-likeness (QED) is 0.838. The molecule has 0 heterocycles. The molecule has 1 aromatic carbocycles. The summed E-state index contributed by atoms with van der Waals surface area (Å²) in [4.78, 5) is 24.6. The zero-order valence-electron chi connectivity index (χ0n) is 12.9. The van der Waals surface area contributed by atoms with E-state index in [0.717, 1.165) is 12.8 Å². The van der Waals surface area contributed by atoms with Crippen LogP contribution in [0.3, 0.4) is 0 Å². The Morgan fingerprint density at radius 3 is 2.43 bits per heavy atom. The summed E-state index contributed by atoms with van der Waals surface area (Å²) in [5.74, 6) is -1.59. The molecule has 0 radical (unpaired) electrons. The van der Waals surface area contributed by atoms with Crippen molar-refractivity contribution in [3.63, 3.8) is 0 Å². The maximum Gasteiger partial charge on any atom is 0.307 e. The first kappa shape index (κ1) is 14.3. The maximum absolute atomic E-state index is 12.8.